The quantitative estimate of drug-likeness (QED) is 0.394. The van der Waals surface area contributed by atoms with Gasteiger partial charge in [-0.2, -0.15) is 0 Å². The van der Waals surface area contributed by atoms with E-state index in [1.54, 1.807) is 12.1 Å². The van der Waals surface area contributed by atoms with Crippen LogP contribution in [0.5, 0.6) is 0 Å². The lowest BCUT2D eigenvalue weighted by atomic mass is 9.41. The number of hydrogen-bond acceptors (Lipinski definition) is 7. The van der Waals surface area contributed by atoms with Crippen LogP contribution in [0.25, 0.3) is 0 Å². The molecule has 0 unspecified atom stereocenters. The third-order valence-electron chi connectivity index (χ3n) is 11.3. The maximum Gasteiger partial charge on any atom is 0.338 e. The molecule has 7 aliphatic rings. The van der Waals surface area contributed by atoms with Crippen molar-refractivity contribution in [1.29, 1.82) is 0 Å². The van der Waals surface area contributed by atoms with Gasteiger partial charge in [0.05, 0.1) is 18.3 Å². The Morgan fingerprint density at radius 3 is 2.74 bits per heavy atom. The van der Waals surface area contributed by atoms with Crippen LogP contribution in [0, 0.1) is 16.7 Å². The minimum atomic E-state index is -1.22. The number of benzene rings is 1. The second-order valence-electron chi connectivity index (χ2n) is 13.1. The molecule has 3 heterocycles. The number of aliphatic hydroxyl groups is 2. The van der Waals surface area contributed by atoms with Gasteiger partial charge >= 0.3 is 5.97 Å². The Balaban J connectivity index is 1.31. The van der Waals surface area contributed by atoms with E-state index in [1.165, 1.54) is 0 Å². The van der Waals surface area contributed by atoms with Crippen molar-refractivity contribution in [2.75, 3.05) is 26.7 Å². The van der Waals surface area contributed by atoms with E-state index in [4.69, 9.17) is 14.2 Å². The average Bonchev–Trinajstić information content (AvgIpc) is 3.10. The summed E-state index contributed by atoms with van der Waals surface area (Å²) >= 11 is 3.42. The van der Waals surface area contributed by atoms with Gasteiger partial charge in [0, 0.05) is 41.2 Å². The molecule has 210 valence electrons. The Kier molecular flexibility index (Phi) is 5.74. The summed E-state index contributed by atoms with van der Waals surface area (Å²) in [5.74, 6) is -1.34. The molecule has 5 fully saturated rings. The Morgan fingerprint density at radius 2 is 1.97 bits per heavy atom. The van der Waals surface area contributed by atoms with Crippen molar-refractivity contribution in [1.82, 2.24) is 4.90 Å². The molecule has 39 heavy (non-hydrogen) atoms. The fraction of sp³-hybridized carbons (Fsp3) is 0.645. The maximum absolute atomic E-state index is 13.2. The molecule has 2 saturated carbocycles. The number of likely N-dealkylation sites (N-methyl/N-ethyl adjacent to an activating group) is 1. The van der Waals surface area contributed by atoms with Crippen molar-refractivity contribution in [3.05, 3.63) is 57.6 Å². The summed E-state index contributed by atoms with van der Waals surface area (Å²) in [4.78, 5) is 15.4. The molecule has 8 atom stereocenters. The van der Waals surface area contributed by atoms with Gasteiger partial charge in [-0.3, -0.25) is 0 Å². The van der Waals surface area contributed by atoms with E-state index >= 15 is 0 Å². The van der Waals surface area contributed by atoms with E-state index < -0.39 is 34.6 Å². The average molecular weight is 601 g/mol. The van der Waals surface area contributed by atoms with Gasteiger partial charge in [0.25, 0.3) is 0 Å². The van der Waals surface area contributed by atoms with Crippen LogP contribution in [-0.4, -0.2) is 77.0 Å². The highest BCUT2D eigenvalue weighted by Gasteiger charge is 2.79. The van der Waals surface area contributed by atoms with Gasteiger partial charge in [-0.25, -0.2) is 4.79 Å². The normalized spacial score (nSPS) is 45.3. The molecule has 1 aromatic carbocycles. The van der Waals surface area contributed by atoms with E-state index in [2.05, 4.69) is 47.0 Å². The second kappa shape index (κ2) is 8.49. The first-order valence-corrected chi connectivity index (χ1v) is 15.1. The molecule has 0 aromatic heterocycles. The molecule has 1 spiro atoms. The number of hydrogen-bond donors (Lipinski definition) is 2. The number of ether oxygens (including phenoxy) is 3. The molecule has 7 nitrogen and oxygen atoms in total. The summed E-state index contributed by atoms with van der Waals surface area (Å²) in [7, 11) is 2.09. The van der Waals surface area contributed by atoms with E-state index in [0.29, 0.717) is 44.4 Å². The second-order valence-corrected chi connectivity index (χ2v) is 14.0. The predicted molar refractivity (Wildman–Crippen MR) is 148 cm³/mol. The standard InChI is InChI=1S/C31H38BrNO6/c1-19(38-26(35)20-4-7-22(32)8-5-20)23-10-11-30-24-9-6-21-16-29(36)13-12-27(21,2)31(24,39-29)25(34)17-28(23,30)18-33(3)14-15-37-30/h4-5,7-10,19,21,25,34,36H,6,11-18H2,1-3H3/t19-,21+,25+,27-,28-,29+,30-,31-/m0/s1. The van der Waals surface area contributed by atoms with Gasteiger partial charge in [-0.15, -0.1) is 0 Å². The summed E-state index contributed by atoms with van der Waals surface area (Å²) in [6.45, 7) is 6.19. The van der Waals surface area contributed by atoms with Gasteiger partial charge in [0.2, 0.25) is 0 Å². The van der Waals surface area contributed by atoms with E-state index in [1.807, 2.05) is 19.1 Å². The van der Waals surface area contributed by atoms with Crippen molar-refractivity contribution in [3.8, 4) is 0 Å². The fourth-order valence-electron chi connectivity index (χ4n) is 9.49. The Bertz CT molecular complexity index is 1280. The van der Waals surface area contributed by atoms with E-state index in [-0.39, 0.29) is 17.3 Å². The molecule has 1 aromatic rings. The van der Waals surface area contributed by atoms with Crippen LogP contribution in [0.3, 0.4) is 0 Å². The van der Waals surface area contributed by atoms with Gasteiger partial charge in [-0.05, 0) is 81.0 Å². The number of aliphatic hydroxyl groups excluding tert-OH is 1. The van der Waals surface area contributed by atoms with Crippen molar-refractivity contribution in [3.63, 3.8) is 0 Å². The topological polar surface area (TPSA) is 88.5 Å². The molecule has 4 aliphatic carbocycles. The molecule has 8 rings (SSSR count). The van der Waals surface area contributed by atoms with Crippen LogP contribution in [0.2, 0.25) is 0 Å². The molecule has 0 amide bonds. The largest absolute Gasteiger partial charge is 0.455 e. The predicted octanol–water partition coefficient (Wildman–Crippen LogP) is 4.37. The first-order chi connectivity index (χ1) is 18.5. The molecular formula is C31H38BrNO6. The van der Waals surface area contributed by atoms with Crippen molar-refractivity contribution < 1.29 is 29.2 Å². The minimum Gasteiger partial charge on any atom is -0.455 e. The number of esters is 1. The smallest absolute Gasteiger partial charge is 0.338 e. The summed E-state index contributed by atoms with van der Waals surface area (Å²) < 4.78 is 20.7. The van der Waals surface area contributed by atoms with Crippen LogP contribution < -0.4 is 0 Å². The summed E-state index contributed by atoms with van der Waals surface area (Å²) in [5, 5.41) is 23.8. The summed E-state index contributed by atoms with van der Waals surface area (Å²) in [5.41, 5.74) is -0.105. The summed E-state index contributed by atoms with van der Waals surface area (Å²) in [6, 6.07) is 7.18. The van der Waals surface area contributed by atoms with Crippen LogP contribution in [0.15, 0.2) is 52.0 Å². The van der Waals surface area contributed by atoms with Crippen LogP contribution >= 0.6 is 15.9 Å². The van der Waals surface area contributed by atoms with Crippen LogP contribution in [0.4, 0.5) is 0 Å². The lowest BCUT2D eigenvalue weighted by Gasteiger charge is -2.73. The number of carbonyl (C=O) groups is 1. The summed E-state index contributed by atoms with van der Waals surface area (Å²) in [6.07, 6.45) is 7.02. The number of rotatable bonds is 3. The molecule has 3 aliphatic heterocycles. The first-order valence-electron chi connectivity index (χ1n) is 14.3. The number of allylic oxidation sites excluding steroid dienone is 1. The number of nitrogens with zero attached hydrogens (tertiary/aromatic N) is 1. The lowest BCUT2D eigenvalue weighted by Crippen LogP contribution is -2.79. The Morgan fingerprint density at radius 1 is 1.21 bits per heavy atom. The highest BCUT2D eigenvalue weighted by Crippen LogP contribution is 2.74. The monoisotopic (exact) mass is 599 g/mol. The number of fused-ring (bicyclic) bond motifs is 1. The lowest BCUT2D eigenvalue weighted by molar-refractivity contribution is -0.401. The molecule has 2 N–H and O–H groups in total. The van der Waals surface area contributed by atoms with Gasteiger partial charge in [0.1, 0.15) is 17.3 Å². The van der Waals surface area contributed by atoms with Crippen LogP contribution in [0.1, 0.15) is 62.7 Å². The third kappa shape index (κ3) is 3.30. The van der Waals surface area contributed by atoms with Crippen molar-refractivity contribution >= 4 is 21.9 Å². The first kappa shape index (κ1) is 26.4. The van der Waals surface area contributed by atoms with Gasteiger partial charge in [-0.1, -0.05) is 35.0 Å². The molecular weight excluding hydrogens is 562 g/mol. The van der Waals surface area contributed by atoms with Crippen LogP contribution in [-0.2, 0) is 14.2 Å². The zero-order valence-electron chi connectivity index (χ0n) is 22.9. The molecule has 3 saturated heterocycles. The van der Waals surface area contributed by atoms with E-state index in [0.717, 1.165) is 35.0 Å². The third-order valence-corrected chi connectivity index (χ3v) is 11.8. The van der Waals surface area contributed by atoms with Crippen molar-refractivity contribution in [2.24, 2.45) is 16.7 Å². The fourth-order valence-corrected chi connectivity index (χ4v) is 9.75. The Hall–Kier alpha value is -1.55. The highest BCUT2D eigenvalue weighted by molar-refractivity contribution is 9.10. The Labute approximate surface area is 238 Å². The van der Waals surface area contributed by atoms with Gasteiger partial charge < -0.3 is 29.3 Å². The van der Waals surface area contributed by atoms with Gasteiger partial charge in [0.15, 0.2) is 5.79 Å². The minimum absolute atomic E-state index is 0.250. The molecule has 4 bridgehead atoms. The molecule has 8 heteroatoms. The molecule has 0 radical (unpaired) electrons. The highest BCUT2D eigenvalue weighted by atomic mass is 79.9. The van der Waals surface area contributed by atoms with Crippen molar-refractivity contribution in [2.45, 2.75) is 81.6 Å². The zero-order chi connectivity index (χ0) is 27.4. The zero-order valence-corrected chi connectivity index (χ0v) is 24.5. The number of carbonyl (C=O) groups excluding carboxylic acids is 1. The maximum atomic E-state index is 13.2. The van der Waals surface area contributed by atoms with E-state index in [9.17, 15) is 15.0 Å². The number of halogens is 1. The SMILES string of the molecule is C[C@H](OC(=O)c1ccc(Br)cc1)C1=CC[C@@]23OCCN(C)C[C@@]12C[C@@H](O)[C@]12O[C@]4(O)CC[C@@]1(C)[C@H](CC=C32)C4.